The minimum atomic E-state index is 1.36. The van der Waals surface area contributed by atoms with Crippen molar-refractivity contribution in [3.05, 3.63) is 0 Å². The quantitative estimate of drug-likeness (QED) is 0.526. The summed E-state index contributed by atoms with van der Waals surface area (Å²) in [6.45, 7) is 4.46. The van der Waals surface area contributed by atoms with Crippen molar-refractivity contribution in [1.29, 1.82) is 0 Å². The normalized spacial score (nSPS) is 15.8. The van der Waals surface area contributed by atoms with Gasteiger partial charge in [0, 0.05) is 0 Å². The molecule has 1 fully saturated rings. The third-order valence-corrected chi connectivity index (χ3v) is 2.21. The fourth-order valence-electron chi connectivity index (χ4n) is 1.38. The van der Waals surface area contributed by atoms with Crippen LogP contribution in [0.1, 0.15) is 71.6 Å². The molecule has 0 radical (unpaired) electrons. The first-order chi connectivity index (χ1) is 5.41. The van der Waals surface area contributed by atoms with Crippen LogP contribution in [0.25, 0.3) is 0 Å². The highest BCUT2D eigenvalue weighted by atomic mass is 14.0. The second kappa shape index (κ2) is 10.0. The van der Waals surface area contributed by atoms with Gasteiger partial charge in [0.15, 0.2) is 0 Å². The molecule has 1 aliphatic rings. The average molecular weight is 156 g/mol. The highest BCUT2D eigenvalue weighted by molar-refractivity contribution is 4.51. The van der Waals surface area contributed by atoms with Gasteiger partial charge in [-0.25, -0.2) is 0 Å². The van der Waals surface area contributed by atoms with E-state index in [-0.39, 0.29) is 0 Å². The molecule has 11 heavy (non-hydrogen) atoms. The molecule has 0 aromatic carbocycles. The Labute approximate surface area is 72.4 Å². The lowest BCUT2D eigenvalue weighted by Crippen LogP contribution is -1.66. The van der Waals surface area contributed by atoms with Crippen LogP contribution in [-0.2, 0) is 0 Å². The molecule has 0 nitrogen and oxygen atoms in total. The van der Waals surface area contributed by atoms with E-state index in [1.165, 1.54) is 57.8 Å². The molecule has 0 aromatic heterocycles. The summed E-state index contributed by atoms with van der Waals surface area (Å²) >= 11 is 0. The van der Waals surface area contributed by atoms with Crippen molar-refractivity contribution in [2.75, 3.05) is 0 Å². The first-order valence-electron chi connectivity index (χ1n) is 5.41. The van der Waals surface area contributed by atoms with Gasteiger partial charge in [-0.1, -0.05) is 71.6 Å². The van der Waals surface area contributed by atoms with Crippen LogP contribution in [0.15, 0.2) is 0 Å². The molecular weight excluding hydrogens is 132 g/mol. The highest BCUT2D eigenvalue weighted by Crippen LogP contribution is 2.15. The summed E-state index contributed by atoms with van der Waals surface area (Å²) in [6.07, 6.45) is 13.0. The lowest BCUT2D eigenvalue weighted by Gasteiger charge is -1.86. The van der Waals surface area contributed by atoms with Crippen LogP contribution in [-0.4, -0.2) is 0 Å². The minimum Gasteiger partial charge on any atom is -0.0654 e. The van der Waals surface area contributed by atoms with Crippen molar-refractivity contribution in [2.24, 2.45) is 0 Å². The van der Waals surface area contributed by atoms with E-state index in [0.29, 0.717) is 0 Å². The van der Waals surface area contributed by atoms with E-state index in [1.54, 1.807) is 0 Å². The predicted molar refractivity (Wildman–Crippen MR) is 52.9 cm³/mol. The first-order valence-corrected chi connectivity index (χ1v) is 5.41. The number of hydrogen-bond acceptors (Lipinski definition) is 0. The molecule has 0 unspecified atom stereocenters. The number of hydrogen-bond donors (Lipinski definition) is 0. The van der Waals surface area contributed by atoms with Crippen LogP contribution in [0.4, 0.5) is 0 Å². The lowest BCUT2D eigenvalue weighted by molar-refractivity contribution is 0.702. The molecule has 0 saturated heterocycles. The molecule has 1 aliphatic carbocycles. The van der Waals surface area contributed by atoms with Gasteiger partial charge in [0.05, 0.1) is 0 Å². The average Bonchev–Trinajstić information content (AvgIpc) is 2.57. The highest BCUT2D eigenvalue weighted by Gasteiger charge is 1.95. The summed E-state index contributed by atoms with van der Waals surface area (Å²) in [7, 11) is 0. The summed E-state index contributed by atoms with van der Waals surface area (Å²) in [6, 6.07) is 0. The van der Waals surface area contributed by atoms with Crippen molar-refractivity contribution >= 4 is 0 Å². The van der Waals surface area contributed by atoms with Gasteiger partial charge >= 0.3 is 0 Å². The Hall–Kier alpha value is 0. The zero-order valence-electron chi connectivity index (χ0n) is 8.36. The van der Waals surface area contributed by atoms with Gasteiger partial charge < -0.3 is 0 Å². The molecule has 68 valence electrons. The van der Waals surface area contributed by atoms with E-state index >= 15 is 0 Å². The maximum absolute atomic E-state index is 2.23. The van der Waals surface area contributed by atoms with E-state index in [2.05, 4.69) is 13.8 Å². The van der Waals surface area contributed by atoms with E-state index in [0.717, 1.165) is 0 Å². The van der Waals surface area contributed by atoms with Crippen LogP contribution in [0.3, 0.4) is 0 Å². The third-order valence-electron chi connectivity index (χ3n) is 2.21. The molecular formula is C11H24. The molecule has 0 spiro atoms. The number of unbranched alkanes of at least 4 members (excludes halogenated alkanes) is 3. The van der Waals surface area contributed by atoms with Crippen molar-refractivity contribution < 1.29 is 0 Å². The van der Waals surface area contributed by atoms with E-state index in [9.17, 15) is 0 Å². The zero-order chi connectivity index (χ0) is 8.36. The number of rotatable bonds is 3. The van der Waals surface area contributed by atoms with Gasteiger partial charge in [-0.05, 0) is 0 Å². The molecule has 0 N–H and O–H groups in total. The van der Waals surface area contributed by atoms with Gasteiger partial charge in [0.25, 0.3) is 0 Å². The molecule has 0 amide bonds. The van der Waals surface area contributed by atoms with Crippen LogP contribution >= 0.6 is 0 Å². The van der Waals surface area contributed by atoms with Gasteiger partial charge in [-0.2, -0.15) is 0 Å². The van der Waals surface area contributed by atoms with Crippen LogP contribution in [0, 0.1) is 0 Å². The lowest BCUT2D eigenvalue weighted by atomic mass is 10.2. The van der Waals surface area contributed by atoms with Gasteiger partial charge in [0.2, 0.25) is 0 Å². The molecule has 0 aromatic rings. The summed E-state index contributed by atoms with van der Waals surface area (Å²) in [5.74, 6) is 0. The predicted octanol–water partition coefficient (Wildman–Crippen LogP) is 4.54. The standard InChI is InChI=1S/C6H14.C5H10/c1-3-5-6-4-2;1-2-4-5-3-1/h3-6H2,1-2H3;1-5H2. The molecule has 1 saturated carbocycles. The van der Waals surface area contributed by atoms with Crippen molar-refractivity contribution in [2.45, 2.75) is 71.6 Å². The van der Waals surface area contributed by atoms with Crippen LogP contribution in [0.5, 0.6) is 0 Å². The monoisotopic (exact) mass is 156 g/mol. The van der Waals surface area contributed by atoms with Crippen LogP contribution in [0.2, 0.25) is 0 Å². The Morgan fingerprint density at radius 3 is 1.09 bits per heavy atom. The molecule has 0 heteroatoms. The second-order valence-corrected chi connectivity index (χ2v) is 3.47. The van der Waals surface area contributed by atoms with Gasteiger partial charge in [-0.3, -0.25) is 0 Å². The Morgan fingerprint density at radius 2 is 0.909 bits per heavy atom. The minimum absolute atomic E-state index is 1.36. The molecule has 0 heterocycles. The molecule has 1 rings (SSSR count). The fourth-order valence-corrected chi connectivity index (χ4v) is 1.38. The van der Waals surface area contributed by atoms with E-state index in [1.807, 2.05) is 0 Å². The summed E-state index contributed by atoms with van der Waals surface area (Å²) in [4.78, 5) is 0. The first kappa shape index (κ1) is 11.0. The summed E-state index contributed by atoms with van der Waals surface area (Å²) in [5.41, 5.74) is 0. The fraction of sp³-hybridized carbons (Fsp3) is 1.00. The Kier molecular flexibility index (Phi) is 10.0. The van der Waals surface area contributed by atoms with Gasteiger partial charge in [0.1, 0.15) is 0 Å². The van der Waals surface area contributed by atoms with Gasteiger partial charge in [-0.15, -0.1) is 0 Å². The smallest absolute Gasteiger partial charge is 0.0533 e. The van der Waals surface area contributed by atoms with E-state index in [4.69, 9.17) is 0 Å². The van der Waals surface area contributed by atoms with Crippen molar-refractivity contribution in [3.8, 4) is 0 Å². The Morgan fingerprint density at radius 1 is 0.636 bits per heavy atom. The molecule has 0 bridgehead atoms. The summed E-state index contributed by atoms with van der Waals surface area (Å²) < 4.78 is 0. The van der Waals surface area contributed by atoms with Crippen molar-refractivity contribution in [3.63, 3.8) is 0 Å². The molecule has 0 aliphatic heterocycles. The topological polar surface area (TPSA) is 0 Å². The second-order valence-electron chi connectivity index (χ2n) is 3.47. The maximum Gasteiger partial charge on any atom is -0.0533 e. The Balaban J connectivity index is 0.000000183. The SMILES string of the molecule is C1CCCC1.CCCCCC. The van der Waals surface area contributed by atoms with Crippen LogP contribution < -0.4 is 0 Å². The van der Waals surface area contributed by atoms with E-state index < -0.39 is 0 Å². The third kappa shape index (κ3) is 10.0. The Bertz CT molecular complexity index is 41.4. The maximum atomic E-state index is 2.23. The largest absolute Gasteiger partial charge is 0.0654 e. The summed E-state index contributed by atoms with van der Waals surface area (Å²) in [5, 5.41) is 0. The zero-order valence-corrected chi connectivity index (χ0v) is 8.36. The molecule has 0 atom stereocenters. The van der Waals surface area contributed by atoms with Crippen molar-refractivity contribution in [1.82, 2.24) is 0 Å².